The molecule has 1 atom stereocenters. The Morgan fingerprint density at radius 3 is 2.47 bits per heavy atom. The molecule has 3 N–H and O–H groups in total. The van der Waals surface area contributed by atoms with Crippen LogP contribution in [0.4, 0.5) is 4.39 Å². The molecule has 2 aromatic carbocycles. The fraction of sp³-hybridized carbons (Fsp3) is 0.0769. The molecule has 0 saturated heterocycles. The van der Waals surface area contributed by atoms with Crippen molar-refractivity contribution in [1.29, 1.82) is 0 Å². The summed E-state index contributed by atoms with van der Waals surface area (Å²) in [5, 5.41) is 0.598. The summed E-state index contributed by atoms with van der Waals surface area (Å²) in [5.41, 5.74) is 3.90. The summed E-state index contributed by atoms with van der Waals surface area (Å²) in [6.45, 7) is 0. The van der Waals surface area contributed by atoms with E-state index in [4.69, 9.17) is 17.4 Å². The van der Waals surface area contributed by atoms with Gasteiger partial charge in [0.2, 0.25) is 0 Å². The van der Waals surface area contributed by atoms with Gasteiger partial charge in [0.25, 0.3) is 0 Å². The van der Waals surface area contributed by atoms with Gasteiger partial charge in [-0.05, 0) is 35.9 Å². The molecule has 6 heteroatoms. The van der Waals surface area contributed by atoms with Gasteiger partial charge in [0.05, 0.1) is 6.04 Å². The lowest BCUT2D eigenvalue weighted by atomic mass is 9.99. The van der Waals surface area contributed by atoms with Gasteiger partial charge in [-0.2, -0.15) is 0 Å². The van der Waals surface area contributed by atoms with Gasteiger partial charge in [0, 0.05) is 19.5 Å². The minimum atomic E-state index is -0.468. The third-order valence-electron chi connectivity index (χ3n) is 2.71. The Labute approximate surface area is 132 Å². The zero-order valence-corrected chi connectivity index (χ0v) is 13.6. The SMILES string of the molecule is NNC(c1cc(Br)ccc1F)c1ccc(Cl)cc1Br. The first-order valence-electron chi connectivity index (χ1n) is 5.39. The molecular formula is C13H10Br2ClFN2. The molecule has 0 amide bonds. The van der Waals surface area contributed by atoms with Gasteiger partial charge in [0.15, 0.2) is 0 Å². The number of hydrogen-bond donors (Lipinski definition) is 2. The van der Waals surface area contributed by atoms with Crippen LogP contribution in [0.25, 0.3) is 0 Å². The second kappa shape index (κ2) is 6.33. The first-order valence-corrected chi connectivity index (χ1v) is 7.35. The monoisotopic (exact) mass is 406 g/mol. The van der Waals surface area contributed by atoms with Crippen molar-refractivity contribution in [3.8, 4) is 0 Å². The predicted octanol–water partition coefficient (Wildman–Crippen LogP) is 4.56. The summed E-state index contributed by atoms with van der Waals surface area (Å²) in [5.74, 6) is 5.25. The molecule has 0 aliphatic rings. The van der Waals surface area contributed by atoms with Crippen molar-refractivity contribution in [2.45, 2.75) is 6.04 Å². The van der Waals surface area contributed by atoms with Crippen LogP contribution in [0.3, 0.4) is 0 Å². The van der Waals surface area contributed by atoms with Crippen LogP contribution in [-0.2, 0) is 0 Å². The molecule has 1 unspecified atom stereocenters. The Morgan fingerprint density at radius 1 is 1.11 bits per heavy atom. The molecule has 0 fully saturated rings. The van der Waals surface area contributed by atoms with Crippen LogP contribution in [0.15, 0.2) is 45.3 Å². The van der Waals surface area contributed by atoms with Crippen molar-refractivity contribution >= 4 is 43.5 Å². The largest absolute Gasteiger partial charge is 0.271 e. The third-order valence-corrected chi connectivity index (χ3v) is 4.12. The molecule has 0 aliphatic heterocycles. The Balaban J connectivity index is 2.52. The highest BCUT2D eigenvalue weighted by Crippen LogP contribution is 2.32. The van der Waals surface area contributed by atoms with Gasteiger partial charge in [-0.1, -0.05) is 49.5 Å². The highest BCUT2D eigenvalue weighted by molar-refractivity contribution is 9.10. The molecule has 0 aliphatic carbocycles. The zero-order valence-electron chi connectivity index (χ0n) is 9.63. The summed E-state index contributed by atoms with van der Waals surface area (Å²) in [7, 11) is 0. The number of hydrazine groups is 1. The van der Waals surface area contributed by atoms with Crippen LogP contribution in [-0.4, -0.2) is 0 Å². The lowest BCUT2D eigenvalue weighted by Crippen LogP contribution is -2.29. The highest BCUT2D eigenvalue weighted by atomic mass is 79.9. The molecular weight excluding hydrogens is 398 g/mol. The number of halogens is 4. The second-order valence-electron chi connectivity index (χ2n) is 3.93. The van der Waals surface area contributed by atoms with Crippen molar-refractivity contribution in [2.75, 3.05) is 0 Å². The van der Waals surface area contributed by atoms with Crippen LogP contribution >= 0.6 is 43.5 Å². The van der Waals surface area contributed by atoms with Gasteiger partial charge >= 0.3 is 0 Å². The van der Waals surface area contributed by atoms with E-state index in [1.54, 1.807) is 30.3 Å². The number of nitrogens with two attached hydrogens (primary N) is 1. The van der Waals surface area contributed by atoms with E-state index in [0.29, 0.717) is 10.6 Å². The molecule has 0 heterocycles. The molecule has 2 nitrogen and oxygen atoms in total. The molecule has 0 saturated carbocycles. The highest BCUT2D eigenvalue weighted by Gasteiger charge is 2.19. The smallest absolute Gasteiger partial charge is 0.128 e. The number of benzene rings is 2. The van der Waals surface area contributed by atoms with E-state index >= 15 is 0 Å². The van der Waals surface area contributed by atoms with E-state index in [0.717, 1.165) is 14.5 Å². The van der Waals surface area contributed by atoms with Crippen molar-refractivity contribution in [3.63, 3.8) is 0 Å². The molecule has 2 aromatic rings. The van der Waals surface area contributed by atoms with Gasteiger partial charge < -0.3 is 0 Å². The maximum atomic E-state index is 13.9. The van der Waals surface area contributed by atoms with Crippen LogP contribution in [0.5, 0.6) is 0 Å². The number of nitrogens with one attached hydrogen (secondary N) is 1. The van der Waals surface area contributed by atoms with E-state index in [1.807, 2.05) is 0 Å². The molecule has 19 heavy (non-hydrogen) atoms. The van der Waals surface area contributed by atoms with Crippen LogP contribution < -0.4 is 11.3 Å². The Hall–Kier alpha value is -0.460. The summed E-state index contributed by atoms with van der Waals surface area (Å²) >= 11 is 12.6. The first-order chi connectivity index (χ1) is 9.02. The second-order valence-corrected chi connectivity index (χ2v) is 6.14. The van der Waals surface area contributed by atoms with Crippen molar-refractivity contribution in [1.82, 2.24) is 5.43 Å². The summed E-state index contributed by atoms with van der Waals surface area (Å²) < 4.78 is 15.5. The van der Waals surface area contributed by atoms with Crippen molar-refractivity contribution < 1.29 is 4.39 Å². The molecule has 2 rings (SSSR count). The predicted molar refractivity (Wildman–Crippen MR) is 82.4 cm³/mol. The van der Waals surface area contributed by atoms with E-state index < -0.39 is 6.04 Å². The molecule has 0 radical (unpaired) electrons. The Bertz CT molecular complexity index is 607. The Morgan fingerprint density at radius 2 is 1.84 bits per heavy atom. The number of rotatable bonds is 3. The maximum Gasteiger partial charge on any atom is 0.128 e. The average molecular weight is 408 g/mol. The summed E-state index contributed by atoms with van der Waals surface area (Å²) in [4.78, 5) is 0. The third kappa shape index (κ3) is 3.35. The summed E-state index contributed by atoms with van der Waals surface area (Å²) in [6, 6.07) is 9.55. The van der Waals surface area contributed by atoms with Crippen LogP contribution in [0, 0.1) is 5.82 Å². The average Bonchev–Trinajstić information content (AvgIpc) is 2.36. The van der Waals surface area contributed by atoms with Gasteiger partial charge in [-0.25, -0.2) is 9.82 Å². The van der Waals surface area contributed by atoms with E-state index in [9.17, 15) is 4.39 Å². The van der Waals surface area contributed by atoms with Crippen molar-refractivity contribution in [2.24, 2.45) is 5.84 Å². The van der Waals surface area contributed by atoms with E-state index in [1.165, 1.54) is 6.07 Å². The molecule has 0 bridgehead atoms. The van der Waals surface area contributed by atoms with E-state index in [2.05, 4.69) is 37.3 Å². The van der Waals surface area contributed by atoms with Gasteiger partial charge in [-0.3, -0.25) is 5.84 Å². The quantitative estimate of drug-likeness (QED) is 0.577. The standard InChI is InChI=1S/C13H10Br2ClFN2/c14-7-1-4-12(17)10(5-7)13(19-18)9-3-2-8(16)6-11(9)15/h1-6,13,19H,18H2. The maximum absolute atomic E-state index is 13.9. The van der Waals surface area contributed by atoms with E-state index in [-0.39, 0.29) is 5.82 Å². The minimum absolute atomic E-state index is 0.326. The number of hydrogen-bond acceptors (Lipinski definition) is 2. The lowest BCUT2D eigenvalue weighted by Gasteiger charge is -2.19. The zero-order chi connectivity index (χ0) is 14.0. The normalized spacial score (nSPS) is 12.5. The molecule has 0 aromatic heterocycles. The van der Waals surface area contributed by atoms with Crippen LogP contribution in [0.2, 0.25) is 5.02 Å². The topological polar surface area (TPSA) is 38.0 Å². The fourth-order valence-electron chi connectivity index (χ4n) is 1.82. The lowest BCUT2D eigenvalue weighted by molar-refractivity contribution is 0.559. The van der Waals surface area contributed by atoms with Crippen LogP contribution in [0.1, 0.15) is 17.2 Å². The molecule has 100 valence electrons. The van der Waals surface area contributed by atoms with Gasteiger partial charge in [-0.15, -0.1) is 0 Å². The Kier molecular flexibility index (Phi) is 4.97. The summed E-state index contributed by atoms with van der Waals surface area (Å²) in [6.07, 6.45) is 0. The van der Waals surface area contributed by atoms with Crippen molar-refractivity contribution in [3.05, 3.63) is 67.3 Å². The first kappa shape index (κ1) is 14.9. The fourth-order valence-corrected chi connectivity index (χ4v) is 3.11. The minimum Gasteiger partial charge on any atom is -0.271 e. The molecule has 0 spiro atoms. The van der Waals surface area contributed by atoms with Gasteiger partial charge in [0.1, 0.15) is 5.82 Å².